The zero-order valence-corrected chi connectivity index (χ0v) is 15.8. The molecule has 0 bridgehead atoms. The molecular weight excluding hydrogens is 376 g/mol. The maximum Gasteiger partial charge on any atom is 0.321 e. The van der Waals surface area contributed by atoms with Crippen LogP contribution in [0.2, 0.25) is 5.02 Å². The van der Waals surface area contributed by atoms with Crippen molar-refractivity contribution in [2.24, 2.45) is 0 Å². The number of aromatic amines is 1. The third-order valence-corrected chi connectivity index (χ3v) is 4.34. The van der Waals surface area contributed by atoms with Crippen LogP contribution in [0, 0.1) is 0 Å². The minimum atomic E-state index is -0.319. The number of H-pyrrole nitrogens is 1. The van der Waals surface area contributed by atoms with Crippen LogP contribution in [-0.2, 0) is 0 Å². The number of imidazole rings is 1. The van der Waals surface area contributed by atoms with Crippen LogP contribution in [-0.4, -0.2) is 32.5 Å². The van der Waals surface area contributed by atoms with Gasteiger partial charge in [-0.25, -0.2) is 9.78 Å². The first-order chi connectivity index (χ1) is 13.6. The van der Waals surface area contributed by atoms with Gasteiger partial charge in [0, 0.05) is 36.3 Å². The van der Waals surface area contributed by atoms with E-state index >= 15 is 0 Å². The molecule has 3 heterocycles. The molecule has 0 spiro atoms. The highest BCUT2D eigenvalue weighted by molar-refractivity contribution is 6.30. The zero-order chi connectivity index (χ0) is 19.5. The van der Waals surface area contributed by atoms with Gasteiger partial charge in [-0.1, -0.05) is 17.7 Å². The summed E-state index contributed by atoms with van der Waals surface area (Å²) in [6.07, 6.45) is 5.07. The highest BCUT2D eigenvalue weighted by Crippen LogP contribution is 2.33. The molecule has 0 fully saturated rings. The summed E-state index contributed by atoms with van der Waals surface area (Å²) in [5, 5.41) is 5.95. The average molecular weight is 393 g/mol. The number of carbonyl (C=O) groups excluding carboxylic acids is 1. The summed E-state index contributed by atoms with van der Waals surface area (Å²) in [6.45, 7) is 2.37. The standard InChI is InChI=1S/C20H17ClN6O/c1-2-23-20(28)27-19-25-17-9-12(13-7-14(21)11-22-10-13)8-15(18(17)26-19)16-5-3-4-6-24-16/h3-11H,2H2,1H3,(H3,23,25,26,27,28). The van der Waals surface area contributed by atoms with Crippen molar-refractivity contribution >= 4 is 34.6 Å². The molecule has 0 atom stereocenters. The van der Waals surface area contributed by atoms with Gasteiger partial charge in [-0.15, -0.1) is 0 Å². The number of urea groups is 1. The second-order valence-electron chi connectivity index (χ2n) is 6.10. The number of aromatic nitrogens is 4. The number of hydrogen-bond donors (Lipinski definition) is 3. The molecule has 1 aromatic carbocycles. The number of rotatable bonds is 4. The van der Waals surface area contributed by atoms with E-state index in [9.17, 15) is 4.79 Å². The van der Waals surface area contributed by atoms with Crippen LogP contribution < -0.4 is 10.6 Å². The number of nitrogens with zero attached hydrogens (tertiary/aromatic N) is 3. The monoisotopic (exact) mass is 392 g/mol. The second kappa shape index (κ2) is 7.66. The molecule has 0 saturated carbocycles. The van der Waals surface area contributed by atoms with Crippen molar-refractivity contribution in [3.8, 4) is 22.4 Å². The van der Waals surface area contributed by atoms with Crippen LogP contribution in [0.4, 0.5) is 10.7 Å². The van der Waals surface area contributed by atoms with Gasteiger partial charge < -0.3 is 10.3 Å². The van der Waals surface area contributed by atoms with Crippen molar-refractivity contribution in [1.82, 2.24) is 25.3 Å². The quantitative estimate of drug-likeness (QED) is 0.477. The van der Waals surface area contributed by atoms with E-state index in [0.29, 0.717) is 23.0 Å². The van der Waals surface area contributed by atoms with Crippen LogP contribution in [0.3, 0.4) is 0 Å². The lowest BCUT2D eigenvalue weighted by Gasteiger charge is -2.07. The van der Waals surface area contributed by atoms with Crippen LogP contribution in [0.25, 0.3) is 33.4 Å². The molecular formula is C20H17ClN6O. The Kier molecular flexibility index (Phi) is 4.90. The summed E-state index contributed by atoms with van der Waals surface area (Å²) in [4.78, 5) is 28.2. The number of benzene rings is 1. The largest absolute Gasteiger partial charge is 0.338 e. The van der Waals surface area contributed by atoms with Crippen molar-refractivity contribution in [2.45, 2.75) is 6.92 Å². The summed E-state index contributed by atoms with van der Waals surface area (Å²) in [5.41, 5.74) is 4.89. The molecule has 3 N–H and O–H groups in total. The maximum absolute atomic E-state index is 11.9. The number of hydrogen-bond acceptors (Lipinski definition) is 4. The lowest BCUT2D eigenvalue weighted by molar-refractivity contribution is 0.252. The maximum atomic E-state index is 11.9. The second-order valence-corrected chi connectivity index (χ2v) is 6.53. The molecule has 0 aliphatic carbocycles. The number of anilines is 1. The number of pyridine rings is 2. The van der Waals surface area contributed by atoms with Gasteiger partial charge >= 0.3 is 6.03 Å². The Balaban J connectivity index is 1.87. The third-order valence-electron chi connectivity index (χ3n) is 4.13. The Bertz CT molecular complexity index is 1140. The van der Waals surface area contributed by atoms with E-state index in [1.165, 1.54) is 0 Å². The fourth-order valence-corrected chi connectivity index (χ4v) is 3.12. The van der Waals surface area contributed by atoms with Gasteiger partial charge in [0.1, 0.15) is 0 Å². The van der Waals surface area contributed by atoms with E-state index < -0.39 is 0 Å². The van der Waals surface area contributed by atoms with Gasteiger partial charge in [0.25, 0.3) is 0 Å². The molecule has 0 saturated heterocycles. The number of carbonyl (C=O) groups is 1. The van der Waals surface area contributed by atoms with E-state index in [1.54, 1.807) is 18.6 Å². The molecule has 140 valence electrons. The van der Waals surface area contributed by atoms with E-state index in [0.717, 1.165) is 27.9 Å². The van der Waals surface area contributed by atoms with Gasteiger partial charge in [-0.2, -0.15) is 0 Å². The summed E-state index contributed by atoms with van der Waals surface area (Å²) in [6, 6.07) is 11.2. The van der Waals surface area contributed by atoms with Crippen LogP contribution >= 0.6 is 11.6 Å². The molecule has 7 nitrogen and oxygen atoms in total. The van der Waals surface area contributed by atoms with Gasteiger partial charge in [0.15, 0.2) is 0 Å². The van der Waals surface area contributed by atoms with E-state index in [4.69, 9.17) is 11.6 Å². The first kappa shape index (κ1) is 17.9. The van der Waals surface area contributed by atoms with Crippen LogP contribution in [0.15, 0.2) is 55.0 Å². The minimum absolute atomic E-state index is 0.319. The lowest BCUT2D eigenvalue weighted by atomic mass is 10.0. The fourth-order valence-electron chi connectivity index (χ4n) is 2.94. The Labute approximate surface area is 166 Å². The zero-order valence-electron chi connectivity index (χ0n) is 15.0. The SMILES string of the molecule is CCNC(=O)Nc1nc2c(-c3ccccn3)cc(-c3cncc(Cl)c3)cc2[nH]1. The lowest BCUT2D eigenvalue weighted by Crippen LogP contribution is -2.28. The number of halogens is 1. The molecule has 0 aliphatic heterocycles. The molecule has 0 radical (unpaired) electrons. The predicted molar refractivity (Wildman–Crippen MR) is 110 cm³/mol. The smallest absolute Gasteiger partial charge is 0.321 e. The van der Waals surface area contributed by atoms with Crippen molar-refractivity contribution in [1.29, 1.82) is 0 Å². The van der Waals surface area contributed by atoms with Crippen molar-refractivity contribution in [3.63, 3.8) is 0 Å². The minimum Gasteiger partial charge on any atom is -0.338 e. The normalized spacial score (nSPS) is 10.8. The summed E-state index contributed by atoms with van der Waals surface area (Å²) in [7, 11) is 0. The molecule has 8 heteroatoms. The van der Waals surface area contributed by atoms with Crippen molar-refractivity contribution in [2.75, 3.05) is 11.9 Å². The highest BCUT2D eigenvalue weighted by atomic mass is 35.5. The molecule has 28 heavy (non-hydrogen) atoms. The van der Waals surface area contributed by atoms with Gasteiger partial charge in [0.2, 0.25) is 5.95 Å². The number of nitrogens with one attached hydrogen (secondary N) is 3. The highest BCUT2D eigenvalue weighted by Gasteiger charge is 2.14. The Morgan fingerprint density at radius 1 is 1.18 bits per heavy atom. The van der Waals surface area contributed by atoms with E-state index in [2.05, 4.69) is 30.6 Å². The first-order valence-electron chi connectivity index (χ1n) is 8.75. The molecule has 0 unspecified atom stereocenters. The number of fused-ring (bicyclic) bond motifs is 1. The summed E-state index contributed by atoms with van der Waals surface area (Å²) < 4.78 is 0. The van der Waals surface area contributed by atoms with Gasteiger partial charge in [0.05, 0.1) is 21.7 Å². The Morgan fingerprint density at radius 2 is 2.07 bits per heavy atom. The Hall–Kier alpha value is -3.45. The molecule has 0 aliphatic rings. The molecule has 4 aromatic rings. The molecule has 4 rings (SSSR count). The third kappa shape index (κ3) is 3.65. The Morgan fingerprint density at radius 3 is 2.82 bits per heavy atom. The van der Waals surface area contributed by atoms with Crippen LogP contribution in [0.5, 0.6) is 0 Å². The summed E-state index contributed by atoms with van der Waals surface area (Å²) >= 11 is 6.11. The van der Waals surface area contributed by atoms with E-state index in [1.807, 2.05) is 43.3 Å². The average Bonchev–Trinajstić information content (AvgIpc) is 3.10. The van der Waals surface area contributed by atoms with Crippen molar-refractivity contribution in [3.05, 3.63) is 60.0 Å². The van der Waals surface area contributed by atoms with Gasteiger partial charge in [-0.05, 0) is 42.8 Å². The number of amides is 2. The molecule has 2 amide bonds. The van der Waals surface area contributed by atoms with E-state index in [-0.39, 0.29) is 6.03 Å². The summed E-state index contributed by atoms with van der Waals surface area (Å²) in [5.74, 6) is 0.361. The molecule has 3 aromatic heterocycles. The predicted octanol–water partition coefficient (Wildman–Crippen LogP) is 4.48. The van der Waals surface area contributed by atoms with Crippen LogP contribution in [0.1, 0.15) is 6.92 Å². The van der Waals surface area contributed by atoms with Gasteiger partial charge in [-0.3, -0.25) is 15.3 Å². The first-order valence-corrected chi connectivity index (χ1v) is 9.13. The van der Waals surface area contributed by atoms with Crippen molar-refractivity contribution < 1.29 is 4.79 Å². The fraction of sp³-hybridized carbons (Fsp3) is 0.100. The topological polar surface area (TPSA) is 95.6 Å².